The molecular weight excluding hydrogens is 176 g/mol. The highest BCUT2D eigenvalue weighted by Crippen LogP contribution is 2.01. The van der Waals surface area contributed by atoms with Crippen LogP contribution in [0.3, 0.4) is 0 Å². The second kappa shape index (κ2) is 7.80. The number of carbonyl (C=O) groups excluding carboxylic acids is 1. The van der Waals surface area contributed by atoms with Crippen LogP contribution in [0.15, 0.2) is 0 Å². The molecule has 1 amide bonds. The van der Waals surface area contributed by atoms with Crippen molar-refractivity contribution in [3.05, 3.63) is 0 Å². The Labute approximate surface area is 87.6 Å². The molecule has 3 nitrogen and oxygen atoms in total. The van der Waals surface area contributed by atoms with E-state index in [-0.39, 0.29) is 11.8 Å². The normalized spacial score (nSPS) is 14.9. The average molecular weight is 200 g/mol. The highest BCUT2D eigenvalue weighted by molar-refractivity contribution is 5.78. The molecule has 2 N–H and O–H groups in total. The van der Waals surface area contributed by atoms with Gasteiger partial charge in [-0.1, -0.05) is 26.7 Å². The quantitative estimate of drug-likeness (QED) is 0.654. The number of hydrogen-bond donors (Lipinski definition) is 2. The first kappa shape index (κ1) is 13.4. The van der Waals surface area contributed by atoms with Gasteiger partial charge in [0.2, 0.25) is 5.91 Å². The van der Waals surface area contributed by atoms with Crippen LogP contribution in [0.1, 0.15) is 40.0 Å². The highest BCUT2D eigenvalue weighted by atomic mass is 16.1. The predicted molar refractivity (Wildman–Crippen MR) is 60.2 cm³/mol. The summed E-state index contributed by atoms with van der Waals surface area (Å²) in [7, 11) is 1.87. The molecule has 0 aromatic carbocycles. The lowest BCUT2D eigenvalue weighted by molar-refractivity contribution is -0.125. The standard InChI is InChI=1S/C11H24N2O/c1-5-6-7-10(3)13-11(14)9(2)8-12-4/h9-10,12H,5-8H2,1-4H3,(H,13,14). The first-order valence-electron chi connectivity index (χ1n) is 5.56. The van der Waals surface area contributed by atoms with Crippen molar-refractivity contribution in [3.8, 4) is 0 Å². The monoisotopic (exact) mass is 200 g/mol. The van der Waals surface area contributed by atoms with Gasteiger partial charge in [-0.15, -0.1) is 0 Å². The minimum absolute atomic E-state index is 0.0593. The van der Waals surface area contributed by atoms with Crippen LogP contribution in [0.25, 0.3) is 0 Å². The maximum atomic E-state index is 11.6. The summed E-state index contributed by atoms with van der Waals surface area (Å²) in [5, 5.41) is 6.02. The third kappa shape index (κ3) is 5.97. The maximum Gasteiger partial charge on any atom is 0.224 e. The second-order valence-electron chi connectivity index (χ2n) is 4.01. The van der Waals surface area contributed by atoms with E-state index in [2.05, 4.69) is 24.5 Å². The summed E-state index contributed by atoms with van der Waals surface area (Å²) in [6, 6.07) is 0.307. The van der Waals surface area contributed by atoms with Gasteiger partial charge in [-0.2, -0.15) is 0 Å². The van der Waals surface area contributed by atoms with Gasteiger partial charge in [0.25, 0.3) is 0 Å². The molecule has 3 heteroatoms. The first-order valence-corrected chi connectivity index (χ1v) is 5.56. The lowest BCUT2D eigenvalue weighted by Crippen LogP contribution is -2.39. The van der Waals surface area contributed by atoms with Gasteiger partial charge in [-0.3, -0.25) is 4.79 Å². The zero-order valence-electron chi connectivity index (χ0n) is 9.89. The van der Waals surface area contributed by atoms with Gasteiger partial charge >= 0.3 is 0 Å². The molecule has 14 heavy (non-hydrogen) atoms. The van der Waals surface area contributed by atoms with Crippen LogP contribution in [0.2, 0.25) is 0 Å². The van der Waals surface area contributed by atoms with Gasteiger partial charge in [-0.25, -0.2) is 0 Å². The Kier molecular flexibility index (Phi) is 7.48. The minimum atomic E-state index is 0.0593. The number of carbonyl (C=O) groups is 1. The van der Waals surface area contributed by atoms with Crippen LogP contribution in [0, 0.1) is 5.92 Å². The van der Waals surface area contributed by atoms with Crippen LogP contribution in [0.4, 0.5) is 0 Å². The summed E-state index contributed by atoms with van der Waals surface area (Å²) in [6.45, 7) is 6.92. The summed E-state index contributed by atoms with van der Waals surface area (Å²) in [6.07, 6.45) is 3.45. The summed E-state index contributed by atoms with van der Waals surface area (Å²) in [5.41, 5.74) is 0. The largest absolute Gasteiger partial charge is 0.353 e. The van der Waals surface area contributed by atoms with Crippen molar-refractivity contribution in [2.75, 3.05) is 13.6 Å². The van der Waals surface area contributed by atoms with E-state index in [9.17, 15) is 4.79 Å². The molecule has 0 aliphatic rings. The Hall–Kier alpha value is -0.570. The SMILES string of the molecule is CCCCC(C)NC(=O)C(C)CNC. The molecule has 0 saturated carbocycles. The van der Waals surface area contributed by atoms with Crippen LogP contribution < -0.4 is 10.6 Å². The van der Waals surface area contributed by atoms with Crippen LogP contribution in [-0.2, 0) is 4.79 Å². The van der Waals surface area contributed by atoms with E-state index >= 15 is 0 Å². The van der Waals surface area contributed by atoms with E-state index in [1.807, 2.05) is 14.0 Å². The molecule has 2 atom stereocenters. The molecule has 0 aliphatic heterocycles. The number of unbranched alkanes of at least 4 members (excludes halogenated alkanes) is 1. The van der Waals surface area contributed by atoms with Gasteiger partial charge in [0, 0.05) is 18.5 Å². The third-order valence-electron chi connectivity index (χ3n) is 2.34. The lowest BCUT2D eigenvalue weighted by Gasteiger charge is -2.17. The predicted octanol–water partition coefficient (Wildman–Crippen LogP) is 1.54. The van der Waals surface area contributed by atoms with Gasteiger partial charge in [0.1, 0.15) is 0 Å². The molecule has 0 aromatic rings. The number of amides is 1. The van der Waals surface area contributed by atoms with Crippen molar-refractivity contribution in [3.63, 3.8) is 0 Å². The van der Waals surface area contributed by atoms with Crippen molar-refractivity contribution in [1.82, 2.24) is 10.6 Å². The molecule has 0 fully saturated rings. The summed E-state index contributed by atoms with van der Waals surface area (Å²) < 4.78 is 0. The van der Waals surface area contributed by atoms with Crippen molar-refractivity contribution < 1.29 is 4.79 Å². The molecule has 0 saturated heterocycles. The fourth-order valence-electron chi connectivity index (χ4n) is 1.37. The van der Waals surface area contributed by atoms with Gasteiger partial charge < -0.3 is 10.6 Å². The Balaban J connectivity index is 3.69. The molecule has 0 radical (unpaired) electrons. The highest BCUT2D eigenvalue weighted by Gasteiger charge is 2.13. The van der Waals surface area contributed by atoms with Crippen molar-refractivity contribution >= 4 is 5.91 Å². The topological polar surface area (TPSA) is 41.1 Å². The fraction of sp³-hybridized carbons (Fsp3) is 0.909. The Morgan fingerprint density at radius 1 is 1.36 bits per heavy atom. The summed E-state index contributed by atoms with van der Waals surface area (Å²) in [5.74, 6) is 0.215. The molecule has 0 bridgehead atoms. The van der Waals surface area contributed by atoms with Crippen LogP contribution in [0.5, 0.6) is 0 Å². The lowest BCUT2D eigenvalue weighted by atomic mass is 10.1. The Morgan fingerprint density at radius 2 is 2.00 bits per heavy atom. The molecule has 0 aliphatic carbocycles. The van der Waals surface area contributed by atoms with Crippen molar-refractivity contribution in [2.45, 2.75) is 46.1 Å². The summed E-state index contributed by atoms with van der Waals surface area (Å²) >= 11 is 0. The van der Waals surface area contributed by atoms with E-state index in [0.717, 1.165) is 13.0 Å². The van der Waals surface area contributed by atoms with E-state index in [1.165, 1.54) is 12.8 Å². The smallest absolute Gasteiger partial charge is 0.224 e. The van der Waals surface area contributed by atoms with Crippen molar-refractivity contribution in [1.29, 1.82) is 0 Å². The number of hydrogen-bond acceptors (Lipinski definition) is 2. The molecule has 0 rings (SSSR count). The molecule has 2 unspecified atom stereocenters. The zero-order valence-corrected chi connectivity index (χ0v) is 9.89. The fourth-order valence-corrected chi connectivity index (χ4v) is 1.37. The van der Waals surface area contributed by atoms with E-state index in [1.54, 1.807) is 0 Å². The van der Waals surface area contributed by atoms with Gasteiger partial charge in [-0.05, 0) is 20.4 Å². The minimum Gasteiger partial charge on any atom is -0.353 e. The Morgan fingerprint density at radius 3 is 2.50 bits per heavy atom. The molecular formula is C11H24N2O. The number of rotatable bonds is 7. The van der Waals surface area contributed by atoms with E-state index in [4.69, 9.17) is 0 Å². The molecule has 84 valence electrons. The number of nitrogens with one attached hydrogen (secondary N) is 2. The molecule has 0 heterocycles. The van der Waals surface area contributed by atoms with E-state index in [0.29, 0.717) is 6.04 Å². The van der Waals surface area contributed by atoms with Gasteiger partial charge in [0.15, 0.2) is 0 Å². The maximum absolute atomic E-state index is 11.6. The zero-order chi connectivity index (χ0) is 11.0. The van der Waals surface area contributed by atoms with Crippen LogP contribution >= 0.6 is 0 Å². The molecule has 0 aromatic heterocycles. The second-order valence-corrected chi connectivity index (χ2v) is 4.01. The average Bonchev–Trinajstić information content (AvgIpc) is 2.15. The first-order chi connectivity index (χ1) is 6.61. The molecule has 0 spiro atoms. The van der Waals surface area contributed by atoms with Gasteiger partial charge in [0.05, 0.1) is 0 Å². The Bertz CT molecular complexity index is 159. The van der Waals surface area contributed by atoms with Crippen LogP contribution in [-0.4, -0.2) is 25.5 Å². The van der Waals surface area contributed by atoms with E-state index < -0.39 is 0 Å². The van der Waals surface area contributed by atoms with Crippen molar-refractivity contribution in [2.24, 2.45) is 5.92 Å². The third-order valence-corrected chi connectivity index (χ3v) is 2.34. The summed E-state index contributed by atoms with van der Waals surface area (Å²) in [4.78, 5) is 11.6.